The fourth-order valence-corrected chi connectivity index (χ4v) is 2.14. The summed E-state index contributed by atoms with van der Waals surface area (Å²) in [6.45, 7) is 2.31. The van der Waals surface area contributed by atoms with Gasteiger partial charge in [0, 0.05) is 19.3 Å². The van der Waals surface area contributed by atoms with E-state index in [1.165, 1.54) is 11.6 Å². The molecule has 0 unspecified atom stereocenters. The molecule has 0 amide bonds. The largest absolute Gasteiger partial charge is 0.494 e. The van der Waals surface area contributed by atoms with E-state index >= 15 is 0 Å². The number of allylic oxidation sites excluding steroid dienone is 1. The van der Waals surface area contributed by atoms with Gasteiger partial charge >= 0.3 is 0 Å². The Labute approximate surface area is 131 Å². The van der Waals surface area contributed by atoms with Gasteiger partial charge in [0.25, 0.3) is 0 Å². The molecule has 118 valence electrons. The standard InChI is InChI=1S/C17H23N3O2/c1-20(2)13-14-4-6-16(7-5-14)22-11-3-9-18-17-12-15(21)8-10-19-17/h4-8,10H,3,9,11-13H2,1-2H3,(H,18,19). The Balaban J connectivity index is 1.63. The third-order valence-corrected chi connectivity index (χ3v) is 3.17. The summed E-state index contributed by atoms with van der Waals surface area (Å²) in [5.41, 5.74) is 1.27. The van der Waals surface area contributed by atoms with Crippen LogP contribution in [0.4, 0.5) is 0 Å². The first-order valence-corrected chi connectivity index (χ1v) is 7.50. The summed E-state index contributed by atoms with van der Waals surface area (Å²) in [5, 5.41) is 3.16. The van der Waals surface area contributed by atoms with E-state index in [9.17, 15) is 4.79 Å². The van der Waals surface area contributed by atoms with Gasteiger partial charge in [-0.15, -0.1) is 0 Å². The minimum Gasteiger partial charge on any atom is -0.494 e. The second kappa shape index (κ2) is 8.34. The molecule has 0 aromatic heterocycles. The first kappa shape index (κ1) is 16.2. The molecule has 5 heteroatoms. The molecule has 22 heavy (non-hydrogen) atoms. The van der Waals surface area contributed by atoms with E-state index < -0.39 is 0 Å². The molecule has 0 bridgehead atoms. The third kappa shape index (κ3) is 5.69. The molecule has 1 heterocycles. The number of carbonyl (C=O) groups is 1. The van der Waals surface area contributed by atoms with Gasteiger partial charge in [-0.25, -0.2) is 4.99 Å². The van der Waals surface area contributed by atoms with Crippen LogP contribution in [0.25, 0.3) is 0 Å². The number of aliphatic imine (C=N–C) groups is 1. The minimum absolute atomic E-state index is 0.0894. The first-order valence-electron chi connectivity index (χ1n) is 7.50. The van der Waals surface area contributed by atoms with Crippen LogP contribution in [0.1, 0.15) is 18.4 Å². The Kier molecular flexibility index (Phi) is 6.15. The van der Waals surface area contributed by atoms with Crippen LogP contribution in [-0.2, 0) is 11.3 Å². The maximum absolute atomic E-state index is 11.2. The molecule has 0 saturated heterocycles. The molecule has 0 fully saturated rings. The van der Waals surface area contributed by atoms with Crippen molar-refractivity contribution in [1.82, 2.24) is 10.2 Å². The zero-order chi connectivity index (χ0) is 15.8. The van der Waals surface area contributed by atoms with Crippen molar-refractivity contribution in [3.63, 3.8) is 0 Å². The van der Waals surface area contributed by atoms with Crippen molar-refractivity contribution in [1.29, 1.82) is 0 Å². The van der Waals surface area contributed by atoms with E-state index in [1.807, 2.05) is 12.1 Å². The SMILES string of the molecule is CN(C)Cc1ccc(OCCCNC2=NC=CC(=O)C2)cc1. The quantitative estimate of drug-likeness (QED) is 0.783. The predicted molar refractivity (Wildman–Crippen MR) is 88.1 cm³/mol. The molecule has 0 aliphatic carbocycles. The molecular formula is C17H23N3O2. The number of hydrogen-bond acceptors (Lipinski definition) is 5. The molecule has 1 N–H and O–H groups in total. The van der Waals surface area contributed by atoms with Gasteiger partial charge in [-0.05, 0) is 44.3 Å². The van der Waals surface area contributed by atoms with Gasteiger partial charge in [0.2, 0.25) is 0 Å². The predicted octanol–water partition coefficient (Wildman–Crippen LogP) is 1.99. The number of ether oxygens (including phenoxy) is 1. The van der Waals surface area contributed by atoms with E-state index in [0.29, 0.717) is 13.0 Å². The minimum atomic E-state index is 0.0894. The molecule has 5 nitrogen and oxygen atoms in total. The topological polar surface area (TPSA) is 53.9 Å². The fraction of sp³-hybridized carbons (Fsp3) is 0.412. The maximum atomic E-state index is 11.2. The molecule has 0 saturated carbocycles. The van der Waals surface area contributed by atoms with Crippen molar-refractivity contribution in [2.75, 3.05) is 27.2 Å². The lowest BCUT2D eigenvalue weighted by Gasteiger charge is -2.12. The van der Waals surface area contributed by atoms with Gasteiger partial charge in [0.1, 0.15) is 11.6 Å². The molecule has 0 spiro atoms. The van der Waals surface area contributed by atoms with Gasteiger partial charge in [-0.2, -0.15) is 0 Å². The Morgan fingerprint density at radius 1 is 1.27 bits per heavy atom. The number of amidine groups is 1. The molecule has 1 aliphatic heterocycles. The maximum Gasteiger partial charge on any atom is 0.164 e. The van der Waals surface area contributed by atoms with Crippen LogP contribution in [0.5, 0.6) is 5.75 Å². The highest BCUT2D eigenvalue weighted by molar-refractivity contribution is 6.07. The van der Waals surface area contributed by atoms with E-state index in [-0.39, 0.29) is 5.78 Å². The summed E-state index contributed by atoms with van der Waals surface area (Å²) < 4.78 is 5.70. The van der Waals surface area contributed by atoms with Crippen LogP contribution in [0.15, 0.2) is 41.5 Å². The van der Waals surface area contributed by atoms with Gasteiger partial charge in [0.15, 0.2) is 5.78 Å². The lowest BCUT2D eigenvalue weighted by Crippen LogP contribution is -2.28. The van der Waals surface area contributed by atoms with E-state index in [1.54, 1.807) is 6.20 Å². The van der Waals surface area contributed by atoms with Crippen LogP contribution >= 0.6 is 0 Å². The zero-order valence-corrected chi connectivity index (χ0v) is 13.2. The van der Waals surface area contributed by atoms with Crippen molar-refractivity contribution in [2.45, 2.75) is 19.4 Å². The normalized spacial score (nSPS) is 14.1. The van der Waals surface area contributed by atoms with E-state index in [0.717, 1.165) is 31.1 Å². The monoisotopic (exact) mass is 301 g/mol. The highest BCUT2D eigenvalue weighted by Gasteiger charge is 2.07. The number of carbonyl (C=O) groups excluding carboxylic acids is 1. The van der Waals surface area contributed by atoms with Crippen LogP contribution in [0, 0.1) is 0 Å². The smallest absolute Gasteiger partial charge is 0.164 e. The van der Waals surface area contributed by atoms with Crippen LogP contribution < -0.4 is 10.1 Å². The van der Waals surface area contributed by atoms with Gasteiger partial charge in [0.05, 0.1) is 13.0 Å². The molecule has 1 aliphatic rings. The summed E-state index contributed by atoms with van der Waals surface area (Å²) in [6, 6.07) is 8.17. The van der Waals surface area contributed by atoms with Crippen molar-refractivity contribution in [2.24, 2.45) is 4.99 Å². The molecule has 0 atom stereocenters. The molecule has 0 radical (unpaired) electrons. The Hall–Kier alpha value is -2.14. The molecule has 1 aromatic rings. The molecule has 2 rings (SSSR count). The first-order chi connectivity index (χ1) is 10.6. The number of nitrogens with one attached hydrogen (secondary N) is 1. The second-order valence-electron chi connectivity index (χ2n) is 5.55. The molecule has 1 aromatic carbocycles. The second-order valence-corrected chi connectivity index (χ2v) is 5.55. The van der Waals surface area contributed by atoms with E-state index in [4.69, 9.17) is 4.74 Å². The summed E-state index contributed by atoms with van der Waals surface area (Å²) in [6.07, 6.45) is 4.26. The van der Waals surface area contributed by atoms with Crippen molar-refractivity contribution in [3.8, 4) is 5.75 Å². The Morgan fingerprint density at radius 3 is 2.73 bits per heavy atom. The Bertz CT molecular complexity index is 548. The van der Waals surface area contributed by atoms with Gasteiger partial charge in [-0.1, -0.05) is 12.1 Å². The molecular weight excluding hydrogens is 278 g/mol. The highest BCUT2D eigenvalue weighted by atomic mass is 16.5. The summed E-state index contributed by atoms with van der Waals surface area (Å²) in [5.74, 6) is 1.71. The number of benzene rings is 1. The summed E-state index contributed by atoms with van der Waals surface area (Å²) in [4.78, 5) is 17.5. The van der Waals surface area contributed by atoms with Crippen molar-refractivity contribution in [3.05, 3.63) is 42.1 Å². The number of rotatable bonds is 7. The highest BCUT2D eigenvalue weighted by Crippen LogP contribution is 2.13. The van der Waals surface area contributed by atoms with Crippen LogP contribution in [0.2, 0.25) is 0 Å². The number of nitrogens with zero attached hydrogens (tertiary/aromatic N) is 2. The summed E-state index contributed by atoms with van der Waals surface area (Å²) in [7, 11) is 4.11. The fourth-order valence-electron chi connectivity index (χ4n) is 2.14. The zero-order valence-electron chi connectivity index (χ0n) is 13.2. The van der Waals surface area contributed by atoms with Crippen LogP contribution in [-0.4, -0.2) is 43.8 Å². The average molecular weight is 301 g/mol. The Morgan fingerprint density at radius 2 is 2.05 bits per heavy atom. The van der Waals surface area contributed by atoms with Gasteiger partial charge < -0.3 is 15.0 Å². The third-order valence-electron chi connectivity index (χ3n) is 3.17. The van der Waals surface area contributed by atoms with Gasteiger partial charge in [-0.3, -0.25) is 4.79 Å². The van der Waals surface area contributed by atoms with E-state index in [2.05, 4.69) is 41.4 Å². The average Bonchev–Trinajstić information content (AvgIpc) is 2.48. The lowest BCUT2D eigenvalue weighted by molar-refractivity contribution is -0.113. The van der Waals surface area contributed by atoms with Crippen LogP contribution in [0.3, 0.4) is 0 Å². The van der Waals surface area contributed by atoms with Crippen molar-refractivity contribution < 1.29 is 9.53 Å². The van der Waals surface area contributed by atoms with Crippen molar-refractivity contribution >= 4 is 11.6 Å². The number of hydrogen-bond donors (Lipinski definition) is 1. The number of ketones is 1. The summed E-state index contributed by atoms with van der Waals surface area (Å²) >= 11 is 0. The lowest BCUT2D eigenvalue weighted by atomic mass is 10.2.